The molecular formula is C25H24Br2O4S. The molecule has 32 heavy (non-hydrogen) atoms. The topological polar surface area (TPSA) is 60.4 Å². The van der Waals surface area contributed by atoms with E-state index in [0.29, 0.717) is 5.92 Å². The van der Waals surface area contributed by atoms with Gasteiger partial charge in [0.05, 0.1) is 15.2 Å². The van der Waals surface area contributed by atoms with Gasteiger partial charge in [0, 0.05) is 0 Å². The van der Waals surface area contributed by atoms with Gasteiger partial charge in [-0.3, -0.25) is 4.79 Å². The fourth-order valence-corrected chi connectivity index (χ4v) is 5.17. The zero-order valence-corrected chi connectivity index (χ0v) is 21.9. The lowest BCUT2D eigenvalue weighted by Gasteiger charge is -2.18. The summed E-state index contributed by atoms with van der Waals surface area (Å²) in [6.07, 6.45) is 0. The summed E-state index contributed by atoms with van der Waals surface area (Å²) in [4.78, 5) is 12.4. The van der Waals surface area contributed by atoms with Gasteiger partial charge >= 0.3 is 10.1 Å². The van der Waals surface area contributed by atoms with Crippen LogP contribution in [-0.4, -0.2) is 19.0 Å². The molecule has 3 aromatic carbocycles. The maximum absolute atomic E-state index is 13.3. The zero-order valence-electron chi connectivity index (χ0n) is 18.0. The second kappa shape index (κ2) is 10.3. The lowest BCUT2D eigenvalue weighted by molar-refractivity contribution is 0.0989. The maximum atomic E-state index is 13.3. The molecule has 0 heterocycles. The van der Waals surface area contributed by atoms with E-state index in [1.54, 1.807) is 30.3 Å². The molecule has 7 heteroatoms. The van der Waals surface area contributed by atoms with Gasteiger partial charge in [0.1, 0.15) is 4.90 Å². The molecule has 0 unspecified atom stereocenters. The number of halogens is 2. The number of hydrogen-bond acceptors (Lipinski definition) is 4. The number of hydrogen-bond donors (Lipinski definition) is 0. The summed E-state index contributed by atoms with van der Waals surface area (Å²) in [5.41, 5.74) is 3.28. The fourth-order valence-electron chi connectivity index (χ4n) is 3.13. The summed E-state index contributed by atoms with van der Waals surface area (Å²) in [6, 6.07) is 20.8. The van der Waals surface area contributed by atoms with Gasteiger partial charge in [-0.1, -0.05) is 99.8 Å². The van der Waals surface area contributed by atoms with Crippen molar-refractivity contribution < 1.29 is 17.4 Å². The number of benzene rings is 3. The number of ketones is 1. The zero-order chi connectivity index (χ0) is 23.5. The number of para-hydroxylation sites is 1. The van der Waals surface area contributed by atoms with Gasteiger partial charge in [-0.05, 0) is 48.2 Å². The van der Waals surface area contributed by atoms with Crippen LogP contribution in [0.5, 0.6) is 5.75 Å². The van der Waals surface area contributed by atoms with E-state index in [-0.39, 0.29) is 26.8 Å². The fraction of sp³-hybridized carbons (Fsp3) is 0.240. The Morgan fingerprint density at radius 3 is 2.00 bits per heavy atom. The van der Waals surface area contributed by atoms with Crippen LogP contribution < -0.4 is 4.18 Å². The average molecular weight is 580 g/mol. The predicted octanol–water partition coefficient (Wildman–Crippen LogP) is 6.97. The summed E-state index contributed by atoms with van der Waals surface area (Å²) in [7, 11) is -4.08. The highest BCUT2D eigenvalue weighted by Crippen LogP contribution is 2.36. The summed E-state index contributed by atoms with van der Waals surface area (Å²) in [5.74, 6) is 0.130. The van der Waals surface area contributed by atoms with Crippen LogP contribution in [0.4, 0.5) is 0 Å². The van der Waals surface area contributed by atoms with E-state index in [1.807, 2.05) is 31.2 Å². The Hall–Kier alpha value is -1.96. The molecule has 0 N–H and O–H groups in total. The highest BCUT2D eigenvalue weighted by molar-refractivity contribution is 9.12. The molecule has 3 aromatic rings. The molecule has 0 amide bonds. The van der Waals surface area contributed by atoms with Crippen molar-refractivity contribution in [3.63, 3.8) is 0 Å². The third-order valence-corrected chi connectivity index (χ3v) is 9.05. The molecule has 0 fully saturated rings. The molecule has 0 aromatic heterocycles. The Kier molecular flexibility index (Phi) is 7.96. The van der Waals surface area contributed by atoms with E-state index in [1.165, 1.54) is 23.8 Å². The van der Waals surface area contributed by atoms with Crippen LogP contribution in [-0.2, 0) is 10.1 Å². The largest absolute Gasteiger partial charge is 0.378 e. The minimum absolute atomic E-state index is 0.00243. The van der Waals surface area contributed by atoms with Crippen molar-refractivity contribution in [2.75, 3.05) is 0 Å². The summed E-state index contributed by atoms with van der Waals surface area (Å²) in [5, 5.41) is 0. The van der Waals surface area contributed by atoms with Crippen LogP contribution >= 0.6 is 31.9 Å². The first-order valence-corrected chi connectivity index (χ1v) is 13.4. The third kappa shape index (κ3) is 5.69. The van der Waals surface area contributed by atoms with Gasteiger partial charge in [0.2, 0.25) is 0 Å². The minimum Gasteiger partial charge on any atom is -0.378 e. The molecule has 0 saturated carbocycles. The molecule has 0 aliphatic carbocycles. The van der Waals surface area contributed by atoms with E-state index in [9.17, 15) is 13.2 Å². The normalized spacial score (nSPS) is 13.6. The van der Waals surface area contributed by atoms with Crippen LogP contribution in [0.25, 0.3) is 0 Å². The second-order valence-electron chi connectivity index (χ2n) is 7.84. The van der Waals surface area contributed by atoms with Crippen LogP contribution in [0.2, 0.25) is 0 Å². The minimum atomic E-state index is -4.08. The molecule has 4 nitrogen and oxygen atoms in total. The van der Waals surface area contributed by atoms with Crippen molar-refractivity contribution in [3.8, 4) is 5.75 Å². The Morgan fingerprint density at radius 1 is 0.844 bits per heavy atom. The molecule has 0 saturated heterocycles. The monoisotopic (exact) mass is 578 g/mol. The van der Waals surface area contributed by atoms with Crippen molar-refractivity contribution in [2.24, 2.45) is 0 Å². The third-order valence-electron chi connectivity index (χ3n) is 5.09. The Labute approximate surface area is 206 Å². The van der Waals surface area contributed by atoms with Crippen molar-refractivity contribution >= 4 is 47.8 Å². The number of carbonyl (C=O) groups excluding carboxylic acids is 1. The maximum Gasteiger partial charge on any atom is 0.339 e. The Morgan fingerprint density at radius 2 is 1.41 bits per heavy atom. The first-order chi connectivity index (χ1) is 15.1. The number of alkyl halides is 2. The molecule has 0 bridgehead atoms. The molecule has 0 radical (unpaired) electrons. The van der Waals surface area contributed by atoms with Crippen molar-refractivity contribution in [1.29, 1.82) is 0 Å². The highest BCUT2D eigenvalue weighted by Gasteiger charge is 2.29. The van der Waals surface area contributed by atoms with Gasteiger partial charge in [-0.2, -0.15) is 8.42 Å². The standard InChI is InChI=1S/C25H24Br2O4S/c1-16(2)18-10-12-19(13-11-18)23(26)24(27)25(28)21-6-4-5-7-22(21)31-32(29,30)20-14-8-17(3)9-15-20/h4-16,23-24H,1-3H3/t23-,24+/m0/s1. The number of carbonyl (C=O) groups is 1. The molecular weight excluding hydrogens is 556 g/mol. The Bertz CT molecular complexity index is 1190. The van der Waals surface area contributed by atoms with E-state index in [4.69, 9.17) is 4.18 Å². The lowest BCUT2D eigenvalue weighted by atomic mass is 9.98. The van der Waals surface area contributed by atoms with E-state index in [0.717, 1.165) is 11.1 Å². The van der Waals surface area contributed by atoms with E-state index >= 15 is 0 Å². The van der Waals surface area contributed by atoms with Crippen LogP contribution in [0, 0.1) is 6.92 Å². The highest BCUT2D eigenvalue weighted by atomic mass is 79.9. The van der Waals surface area contributed by atoms with Gasteiger partial charge < -0.3 is 4.18 Å². The quantitative estimate of drug-likeness (QED) is 0.164. The lowest BCUT2D eigenvalue weighted by Crippen LogP contribution is -2.21. The smallest absolute Gasteiger partial charge is 0.339 e. The second-order valence-corrected chi connectivity index (χ2v) is 11.4. The predicted molar refractivity (Wildman–Crippen MR) is 135 cm³/mol. The average Bonchev–Trinajstić information content (AvgIpc) is 2.78. The summed E-state index contributed by atoms with van der Waals surface area (Å²) < 4.78 is 30.9. The number of rotatable bonds is 8. The van der Waals surface area contributed by atoms with E-state index < -0.39 is 14.9 Å². The van der Waals surface area contributed by atoms with Gasteiger partial charge in [-0.15, -0.1) is 0 Å². The molecule has 0 spiro atoms. The summed E-state index contributed by atoms with van der Waals surface area (Å²) in [6.45, 7) is 6.12. The van der Waals surface area contributed by atoms with Gasteiger partial charge in [-0.25, -0.2) is 0 Å². The van der Waals surface area contributed by atoms with Crippen LogP contribution in [0.3, 0.4) is 0 Å². The summed E-state index contributed by atoms with van der Waals surface area (Å²) >= 11 is 7.11. The molecule has 168 valence electrons. The molecule has 2 atom stereocenters. The molecule has 0 aliphatic rings. The van der Waals surface area contributed by atoms with Crippen molar-refractivity contribution in [2.45, 2.75) is 41.2 Å². The Balaban J connectivity index is 1.85. The van der Waals surface area contributed by atoms with Gasteiger partial charge in [0.25, 0.3) is 0 Å². The first kappa shape index (κ1) is 24.7. The van der Waals surface area contributed by atoms with Gasteiger partial charge in [0.15, 0.2) is 11.5 Å². The SMILES string of the molecule is Cc1ccc(S(=O)(=O)Oc2ccccc2C(=O)[C@H](Br)[C@@H](Br)c2ccc(C(C)C)cc2)cc1. The number of Topliss-reactive ketones (excluding diaryl/α,β-unsaturated/α-hetero) is 1. The molecule has 3 rings (SSSR count). The number of aryl methyl sites for hydroxylation is 1. The van der Waals surface area contributed by atoms with Crippen LogP contribution in [0.15, 0.2) is 77.7 Å². The van der Waals surface area contributed by atoms with Crippen LogP contribution in [0.1, 0.15) is 51.6 Å². The van der Waals surface area contributed by atoms with Crippen molar-refractivity contribution in [1.82, 2.24) is 0 Å². The van der Waals surface area contributed by atoms with E-state index in [2.05, 4.69) is 45.7 Å². The van der Waals surface area contributed by atoms with Crippen molar-refractivity contribution in [3.05, 3.63) is 95.1 Å². The first-order valence-electron chi connectivity index (χ1n) is 10.1. The molecule has 0 aliphatic heterocycles.